The van der Waals surface area contributed by atoms with Gasteiger partial charge in [-0.3, -0.25) is 4.79 Å². The van der Waals surface area contributed by atoms with E-state index in [0.29, 0.717) is 6.61 Å². The standard InChI is InChI=1S/C32H36O4/c1-20-15-26(36-14-13-33)16-21(2)31(20)27-6-4-5-24(22(27)3)9-7-23-8-10-28-25(17-23)19-32(11-12-32)29(28)18-30(34)35/h4-6,8,10,15-17,29,33H,7,9,11-14,18-19H2,1-3H3,(H,34,35). The molecule has 1 fully saturated rings. The number of aliphatic hydroxyl groups excluding tert-OH is 1. The third-order valence-corrected chi connectivity index (χ3v) is 8.40. The average Bonchev–Trinajstić information content (AvgIpc) is 3.55. The molecule has 1 unspecified atom stereocenters. The SMILES string of the molecule is Cc1cc(OCCO)cc(C)c1-c1cccc(CCc2ccc3c(c2)CC2(CC2)C3CC(=O)O)c1C. The molecule has 2 N–H and O–H groups in total. The largest absolute Gasteiger partial charge is 0.491 e. The van der Waals surface area contributed by atoms with Crippen LogP contribution in [-0.4, -0.2) is 29.4 Å². The molecule has 36 heavy (non-hydrogen) atoms. The van der Waals surface area contributed by atoms with Crippen LogP contribution in [0.15, 0.2) is 48.5 Å². The van der Waals surface area contributed by atoms with E-state index in [1.54, 1.807) is 0 Å². The van der Waals surface area contributed by atoms with Gasteiger partial charge in [-0.05, 0) is 120 Å². The maximum atomic E-state index is 11.5. The van der Waals surface area contributed by atoms with Gasteiger partial charge in [0.05, 0.1) is 13.0 Å². The normalized spacial score (nSPS) is 17.3. The molecule has 0 aliphatic heterocycles. The van der Waals surface area contributed by atoms with Crippen molar-refractivity contribution < 1.29 is 19.7 Å². The third-order valence-electron chi connectivity index (χ3n) is 8.40. The Bertz CT molecular complexity index is 1280. The predicted octanol–water partition coefficient (Wildman–Crippen LogP) is 6.33. The van der Waals surface area contributed by atoms with Crippen molar-refractivity contribution in [3.8, 4) is 16.9 Å². The summed E-state index contributed by atoms with van der Waals surface area (Å²) in [7, 11) is 0. The summed E-state index contributed by atoms with van der Waals surface area (Å²) in [6.07, 6.45) is 5.56. The van der Waals surface area contributed by atoms with Gasteiger partial charge in [-0.2, -0.15) is 0 Å². The monoisotopic (exact) mass is 484 g/mol. The molecule has 1 spiro atoms. The van der Waals surface area contributed by atoms with Gasteiger partial charge in [0.25, 0.3) is 0 Å². The minimum Gasteiger partial charge on any atom is -0.491 e. The third kappa shape index (κ3) is 4.67. The first-order chi connectivity index (χ1) is 17.3. The fraction of sp³-hybridized carbons (Fsp3) is 0.406. The van der Waals surface area contributed by atoms with Crippen molar-refractivity contribution in [2.75, 3.05) is 13.2 Å². The number of carbonyl (C=O) groups is 1. The van der Waals surface area contributed by atoms with E-state index in [1.165, 1.54) is 50.1 Å². The Balaban J connectivity index is 1.35. The summed E-state index contributed by atoms with van der Waals surface area (Å²) < 4.78 is 5.64. The summed E-state index contributed by atoms with van der Waals surface area (Å²) in [5.74, 6) is 0.299. The number of aliphatic carboxylic acids is 1. The average molecular weight is 485 g/mol. The lowest BCUT2D eigenvalue weighted by atomic mass is 9.86. The molecule has 188 valence electrons. The second-order valence-corrected chi connectivity index (χ2v) is 10.8. The van der Waals surface area contributed by atoms with Crippen LogP contribution in [0.5, 0.6) is 5.75 Å². The van der Waals surface area contributed by atoms with E-state index in [9.17, 15) is 9.90 Å². The molecule has 0 aromatic heterocycles. The minimum atomic E-state index is -0.684. The fourth-order valence-electron chi connectivity index (χ4n) is 6.43. The van der Waals surface area contributed by atoms with Crippen molar-refractivity contribution in [2.24, 2.45) is 5.41 Å². The van der Waals surface area contributed by atoms with Crippen molar-refractivity contribution in [1.82, 2.24) is 0 Å². The van der Waals surface area contributed by atoms with E-state index < -0.39 is 5.97 Å². The zero-order chi connectivity index (χ0) is 25.4. The maximum absolute atomic E-state index is 11.5. The van der Waals surface area contributed by atoms with Gasteiger partial charge < -0.3 is 14.9 Å². The first kappa shape index (κ1) is 24.6. The molecular formula is C32H36O4. The molecule has 0 saturated heterocycles. The molecule has 3 aromatic carbocycles. The van der Waals surface area contributed by atoms with Crippen LogP contribution in [0.25, 0.3) is 11.1 Å². The summed E-state index contributed by atoms with van der Waals surface area (Å²) in [6, 6.07) is 17.5. The highest BCUT2D eigenvalue weighted by atomic mass is 16.5. The van der Waals surface area contributed by atoms with Crippen molar-refractivity contribution in [1.29, 1.82) is 0 Å². The van der Waals surface area contributed by atoms with Crippen molar-refractivity contribution >= 4 is 5.97 Å². The van der Waals surface area contributed by atoms with E-state index >= 15 is 0 Å². The van der Waals surface area contributed by atoms with E-state index in [0.717, 1.165) is 37.9 Å². The second kappa shape index (κ2) is 9.74. The number of hydrogen-bond donors (Lipinski definition) is 2. The summed E-state index contributed by atoms with van der Waals surface area (Å²) in [5, 5.41) is 18.5. The summed E-state index contributed by atoms with van der Waals surface area (Å²) in [4.78, 5) is 11.5. The number of carboxylic acids is 1. The smallest absolute Gasteiger partial charge is 0.303 e. The van der Waals surface area contributed by atoms with Crippen LogP contribution in [0, 0.1) is 26.2 Å². The van der Waals surface area contributed by atoms with Gasteiger partial charge in [-0.15, -0.1) is 0 Å². The number of aliphatic hydroxyl groups is 1. The van der Waals surface area contributed by atoms with Gasteiger partial charge in [0.1, 0.15) is 12.4 Å². The number of aryl methyl sites for hydroxylation is 4. The molecule has 0 amide bonds. The molecule has 5 rings (SSSR count). The minimum absolute atomic E-state index is 0.00894. The molecule has 1 saturated carbocycles. The lowest BCUT2D eigenvalue weighted by molar-refractivity contribution is -0.137. The molecule has 4 heteroatoms. The van der Waals surface area contributed by atoms with E-state index in [2.05, 4.69) is 69.3 Å². The highest BCUT2D eigenvalue weighted by molar-refractivity contribution is 5.75. The molecule has 1 atom stereocenters. The molecule has 0 heterocycles. The zero-order valence-electron chi connectivity index (χ0n) is 21.6. The lowest BCUT2D eigenvalue weighted by Gasteiger charge is -2.18. The van der Waals surface area contributed by atoms with E-state index in [4.69, 9.17) is 9.84 Å². The first-order valence-corrected chi connectivity index (χ1v) is 13.1. The van der Waals surface area contributed by atoms with Gasteiger partial charge >= 0.3 is 5.97 Å². The lowest BCUT2D eigenvalue weighted by Crippen LogP contribution is -2.13. The number of fused-ring (bicyclic) bond motifs is 1. The Hall–Kier alpha value is -3.11. The number of rotatable bonds is 9. The van der Waals surface area contributed by atoms with Crippen LogP contribution in [-0.2, 0) is 24.1 Å². The summed E-state index contributed by atoms with van der Waals surface area (Å²) in [6.45, 7) is 6.77. The van der Waals surface area contributed by atoms with Crippen molar-refractivity contribution in [3.05, 3.63) is 87.5 Å². The van der Waals surface area contributed by atoms with E-state index in [1.807, 2.05) is 0 Å². The zero-order valence-corrected chi connectivity index (χ0v) is 21.6. The Morgan fingerprint density at radius 2 is 1.78 bits per heavy atom. The summed E-state index contributed by atoms with van der Waals surface area (Å²) in [5.41, 5.74) is 11.7. The van der Waals surface area contributed by atoms with Crippen LogP contribution in [0.3, 0.4) is 0 Å². The van der Waals surface area contributed by atoms with Gasteiger partial charge in [0, 0.05) is 5.92 Å². The van der Waals surface area contributed by atoms with Crippen LogP contribution in [0.4, 0.5) is 0 Å². The van der Waals surface area contributed by atoms with Gasteiger partial charge in [0.15, 0.2) is 0 Å². The highest BCUT2D eigenvalue weighted by Gasteiger charge is 2.54. The number of benzene rings is 3. The molecule has 0 bridgehead atoms. The Morgan fingerprint density at radius 1 is 1.03 bits per heavy atom. The van der Waals surface area contributed by atoms with Crippen molar-refractivity contribution in [3.63, 3.8) is 0 Å². The molecule has 2 aliphatic carbocycles. The Morgan fingerprint density at radius 3 is 2.44 bits per heavy atom. The summed E-state index contributed by atoms with van der Waals surface area (Å²) >= 11 is 0. The predicted molar refractivity (Wildman–Crippen MR) is 143 cm³/mol. The first-order valence-electron chi connectivity index (χ1n) is 13.1. The molecule has 0 radical (unpaired) electrons. The molecular weight excluding hydrogens is 448 g/mol. The number of hydrogen-bond acceptors (Lipinski definition) is 3. The number of ether oxygens (including phenoxy) is 1. The van der Waals surface area contributed by atoms with Crippen molar-refractivity contribution in [2.45, 2.75) is 65.2 Å². The maximum Gasteiger partial charge on any atom is 0.303 e. The second-order valence-electron chi connectivity index (χ2n) is 10.8. The topological polar surface area (TPSA) is 66.8 Å². The van der Waals surface area contributed by atoms with Gasteiger partial charge in [-0.25, -0.2) is 0 Å². The number of carboxylic acid groups (broad SMARTS) is 1. The van der Waals surface area contributed by atoms with Crippen LogP contribution >= 0.6 is 0 Å². The van der Waals surface area contributed by atoms with E-state index in [-0.39, 0.29) is 24.4 Å². The van der Waals surface area contributed by atoms with Crippen LogP contribution < -0.4 is 4.74 Å². The Kier molecular flexibility index (Phi) is 6.65. The van der Waals surface area contributed by atoms with Crippen LogP contribution in [0.2, 0.25) is 0 Å². The molecule has 4 nitrogen and oxygen atoms in total. The van der Waals surface area contributed by atoms with Crippen LogP contribution in [0.1, 0.15) is 64.1 Å². The van der Waals surface area contributed by atoms with Gasteiger partial charge in [0.2, 0.25) is 0 Å². The Labute approximate surface area is 214 Å². The quantitative estimate of drug-likeness (QED) is 0.372. The molecule has 2 aliphatic rings. The highest BCUT2D eigenvalue weighted by Crippen LogP contribution is 2.64. The molecule has 3 aromatic rings. The van der Waals surface area contributed by atoms with Gasteiger partial charge in [-0.1, -0.05) is 36.4 Å². The fourth-order valence-corrected chi connectivity index (χ4v) is 6.43.